The fraction of sp³-hybridized carbons (Fsp3) is 0.636. The number of aryl methyl sites for hydroxylation is 1. The van der Waals surface area contributed by atoms with Crippen LogP contribution in [0.5, 0.6) is 0 Å². The van der Waals surface area contributed by atoms with Gasteiger partial charge in [0, 0.05) is 46.3 Å². The Morgan fingerprint density at radius 2 is 2.18 bits per heavy atom. The summed E-state index contributed by atoms with van der Waals surface area (Å²) < 4.78 is 12.7. The number of amides is 1. The SMILES string of the molecule is COCCC1CCOC2(CCN(C(=O)CCc3nc4ccccc4s3)CC2)C1. The molecular weight excluding hydrogens is 372 g/mol. The van der Waals surface area contributed by atoms with Crippen LogP contribution in [0.1, 0.15) is 43.5 Å². The van der Waals surface area contributed by atoms with Crippen LogP contribution in [-0.2, 0) is 20.7 Å². The van der Waals surface area contributed by atoms with E-state index in [0.29, 0.717) is 12.3 Å². The van der Waals surface area contributed by atoms with Gasteiger partial charge in [-0.15, -0.1) is 11.3 Å². The van der Waals surface area contributed by atoms with E-state index in [1.54, 1.807) is 18.4 Å². The van der Waals surface area contributed by atoms with Gasteiger partial charge in [-0.25, -0.2) is 4.98 Å². The average Bonchev–Trinajstić information content (AvgIpc) is 3.14. The molecule has 3 heterocycles. The monoisotopic (exact) mass is 402 g/mol. The van der Waals surface area contributed by atoms with Gasteiger partial charge in [0.25, 0.3) is 0 Å². The quantitative estimate of drug-likeness (QED) is 0.731. The van der Waals surface area contributed by atoms with E-state index in [1.165, 1.54) is 4.70 Å². The Labute approximate surface area is 171 Å². The number of methoxy groups -OCH3 is 1. The number of ether oxygens (including phenoxy) is 2. The molecule has 1 amide bonds. The highest BCUT2D eigenvalue weighted by Crippen LogP contribution is 2.39. The van der Waals surface area contributed by atoms with Crippen LogP contribution < -0.4 is 0 Å². The highest BCUT2D eigenvalue weighted by molar-refractivity contribution is 7.18. The normalized spacial score (nSPS) is 22.0. The number of hydrogen-bond acceptors (Lipinski definition) is 5. The molecule has 1 aromatic heterocycles. The van der Waals surface area contributed by atoms with Gasteiger partial charge in [0.05, 0.1) is 20.8 Å². The number of rotatable bonds is 6. The van der Waals surface area contributed by atoms with Crippen LogP contribution in [0.15, 0.2) is 24.3 Å². The van der Waals surface area contributed by atoms with E-state index in [0.717, 1.165) is 75.4 Å². The van der Waals surface area contributed by atoms with Gasteiger partial charge in [-0.3, -0.25) is 4.79 Å². The van der Waals surface area contributed by atoms with Crippen molar-refractivity contribution in [2.75, 3.05) is 33.4 Å². The molecule has 2 aliphatic rings. The number of nitrogens with zero attached hydrogens (tertiary/aromatic N) is 2. The van der Waals surface area contributed by atoms with E-state index in [1.807, 2.05) is 23.1 Å². The molecule has 2 saturated heterocycles. The Hall–Kier alpha value is -1.50. The molecule has 28 heavy (non-hydrogen) atoms. The van der Waals surface area contributed by atoms with Crippen LogP contribution in [0, 0.1) is 5.92 Å². The van der Waals surface area contributed by atoms with Gasteiger partial charge in [-0.2, -0.15) is 0 Å². The summed E-state index contributed by atoms with van der Waals surface area (Å²) >= 11 is 1.70. The van der Waals surface area contributed by atoms with Crippen LogP contribution >= 0.6 is 11.3 Å². The highest BCUT2D eigenvalue weighted by Gasteiger charge is 2.40. The Bertz CT molecular complexity index is 765. The first kappa shape index (κ1) is 19.8. The Balaban J connectivity index is 1.26. The first-order chi connectivity index (χ1) is 13.7. The minimum Gasteiger partial charge on any atom is -0.385 e. The number of benzene rings is 1. The predicted molar refractivity (Wildman–Crippen MR) is 112 cm³/mol. The molecule has 152 valence electrons. The number of thiazole rings is 1. The van der Waals surface area contributed by atoms with Crippen LogP contribution in [0.4, 0.5) is 0 Å². The average molecular weight is 403 g/mol. The van der Waals surface area contributed by atoms with Gasteiger partial charge in [0.2, 0.25) is 5.91 Å². The van der Waals surface area contributed by atoms with Crippen molar-refractivity contribution >= 4 is 27.5 Å². The van der Waals surface area contributed by atoms with Gasteiger partial charge in [-0.05, 0) is 50.2 Å². The van der Waals surface area contributed by atoms with Crippen molar-refractivity contribution < 1.29 is 14.3 Å². The number of piperidine rings is 1. The third kappa shape index (κ3) is 4.56. The summed E-state index contributed by atoms with van der Waals surface area (Å²) in [7, 11) is 1.77. The predicted octanol–water partition coefficient (Wildman–Crippen LogP) is 4.05. The minimum absolute atomic E-state index is 0.0134. The molecule has 1 spiro atoms. The summed E-state index contributed by atoms with van der Waals surface area (Å²) in [6.07, 6.45) is 6.57. The topological polar surface area (TPSA) is 51.7 Å². The zero-order chi connectivity index (χ0) is 19.4. The zero-order valence-electron chi connectivity index (χ0n) is 16.7. The Kier molecular flexibility index (Phi) is 6.28. The molecule has 6 heteroatoms. The molecule has 2 aromatic rings. The lowest BCUT2D eigenvalue weighted by Gasteiger charge is -2.46. The Morgan fingerprint density at radius 1 is 1.36 bits per heavy atom. The second-order valence-electron chi connectivity index (χ2n) is 8.13. The number of fused-ring (bicyclic) bond motifs is 1. The second kappa shape index (κ2) is 8.89. The summed E-state index contributed by atoms with van der Waals surface area (Å²) in [5, 5.41) is 1.06. The summed E-state index contributed by atoms with van der Waals surface area (Å²) in [5.41, 5.74) is 1.02. The molecule has 5 nitrogen and oxygen atoms in total. The van der Waals surface area contributed by atoms with E-state index in [9.17, 15) is 4.79 Å². The van der Waals surface area contributed by atoms with E-state index >= 15 is 0 Å². The van der Waals surface area contributed by atoms with Crippen LogP contribution in [0.3, 0.4) is 0 Å². The van der Waals surface area contributed by atoms with Gasteiger partial charge in [-0.1, -0.05) is 12.1 Å². The van der Waals surface area contributed by atoms with E-state index < -0.39 is 0 Å². The fourth-order valence-electron chi connectivity index (χ4n) is 4.57. The van der Waals surface area contributed by atoms with Crippen LogP contribution in [0.2, 0.25) is 0 Å². The van der Waals surface area contributed by atoms with Crippen molar-refractivity contribution in [2.45, 2.75) is 50.5 Å². The van der Waals surface area contributed by atoms with Crippen molar-refractivity contribution in [3.05, 3.63) is 29.3 Å². The smallest absolute Gasteiger partial charge is 0.222 e. The fourth-order valence-corrected chi connectivity index (χ4v) is 5.54. The first-order valence-corrected chi connectivity index (χ1v) is 11.2. The lowest BCUT2D eigenvalue weighted by molar-refractivity contribution is -0.147. The second-order valence-corrected chi connectivity index (χ2v) is 9.24. The number of para-hydroxylation sites is 1. The molecule has 1 aromatic carbocycles. The third-order valence-electron chi connectivity index (χ3n) is 6.24. The van der Waals surface area contributed by atoms with Crippen molar-refractivity contribution in [1.29, 1.82) is 0 Å². The summed E-state index contributed by atoms with van der Waals surface area (Å²) in [4.78, 5) is 19.4. The van der Waals surface area contributed by atoms with E-state index in [4.69, 9.17) is 9.47 Å². The minimum atomic E-state index is -0.0134. The number of aromatic nitrogens is 1. The van der Waals surface area contributed by atoms with Crippen LogP contribution in [-0.4, -0.2) is 54.8 Å². The van der Waals surface area contributed by atoms with Crippen molar-refractivity contribution in [3.8, 4) is 0 Å². The van der Waals surface area contributed by atoms with Gasteiger partial charge in [0.15, 0.2) is 0 Å². The molecule has 0 saturated carbocycles. The molecule has 0 bridgehead atoms. The standard InChI is InChI=1S/C22H30N2O3S/c1-26-14-8-17-9-15-27-22(16-17)10-12-24(13-11-22)21(25)7-6-20-23-18-4-2-3-5-19(18)28-20/h2-5,17H,6-16H2,1H3. The van der Waals surface area contributed by atoms with E-state index in [-0.39, 0.29) is 11.5 Å². The lowest BCUT2D eigenvalue weighted by atomic mass is 9.78. The summed E-state index contributed by atoms with van der Waals surface area (Å²) in [5.74, 6) is 0.941. The molecule has 2 aliphatic heterocycles. The highest BCUT2D eigenvalue weighted by atomic mass is 32.1. The third-order valence-corrected chi connectivity index (χ3v) is 7.34. The number of hydrogen-bond donors (Lipinski definition) is 0. The molecule has 2 fully saturated rings. The largest absolute Gasteiger partial charge is 0.385 e. The maximum atomic E-state index is 12.7. The van der Waals surface area contributed by atoms with Crippen LogP contribution in [0.25, 0.3) is 10.2 Å². The van der Waals surface area contributed by atoms with Crippen molar-refractivity contribution in [2.24, 2.45) is 5.92 Å². The molecule has 4 rings (SSSR count). The Morgan fingerprint density at radius 3 is 2.96 bits per heavy atom. The summed E-state index contributed by atoms with van der Waals surface area (Å²) in [6, 6.07) is 8.16. The molecule has 1 atom stereocenters. The number of likely N-dealkylation sites (tertiary alicyclic amines) is 1. The first-order valence-electron chi connectivity index (χ1n) is 10.4. The maximum absolute atomic E-state index is 12.7. The maximum Gasteiger partial charge on any atom is 0.222 e. The van der Waals surface area contributed by atoms with Gasteiger partial charge < -0.3 is 14.4 Å². The number of carbonyl (C=O) groups is 1. The van der Waals surface area contributed by atoms with E-state index in [2.05, 4.69) is 11.1 Å². The van der Waals surface area contributed by atoms with Gasteiger partial charge in [0.1, 0.15) is 0 Å². The van der Waals surface area contributed by atoms with Gasteiger partial charge >= 0.3 is 0 Å². The molecule has 0 aliphatic carbocycles. The summed E-state index contributed by atoms with van der Waals surface area (Å²) in [6.45, 7) is 3.31. The molecule has 0 radical (unpaired) electrons. The lowest BCUT2D eigenvalue weighted by Crippen LogP contribution is -2.50. The zero-order valence-corrected chi connectivity index (χ0v) is 17.5. The number of carbonyl (C=O) groups excluding carboxylic acids is 1. The molecular formula is C22H30N2O3S. The molecule has 0 N–H and O–H groups in total. The van der Waals surface area contributed by atoms with Crippen molar-refractivity contribution in [3.63, 3.8) is 0 Å². The molecule has 1 unspecified atom stereocenters. The van der Waals surface area contributed by atoms with Crippen molar-refractivity contribution in [1.82, 2.24) is 9.88 Å².